The lowest BCUT2D eigenvalue weighted by molar-refractivity contribution is 0.102. The van der Waals surface area contributed by atoms with Gasteiger partial charge in [-0.3, -0.25) is 10.1 Å². The molecule has 3 heterocycles. The molecule has 0 unspecified atom stereocenters. The minimum absolute atomic E-state index is 0.200. The molecule has 0 aliphatic heterocycles. The standard InChI is InChI=1S/C25H19N3O2S2/c1-2-30-17-11-9-16(10-12-17)22-15-32-25(27-22)28-24(29)19-14-21(23-8-5-13-31-23)26-20-7-4-3-6-18(19)20/h3-15H,2H2,1H3,(H,27,28,29). The highest BCUT2D eigenvalue weighted by atomic mass is 32.1. The molecule has 2 aromatic carbocycles. The van der Waals surface area contributed by atoms with Crippen molar-refractivity contribution in [3.63, 3.8) is 0 Å². The van der Waals surface area contributed by atoms with Crippen LogP contribution in [0.15, 0.2) is 77.5 Å². The van der Waals surface area contributed by atoms with Crippen molar-refractivity contribution in [2.24, 2.45) is 0 Å². The molecule has 0 spiro atoms. The Bertz CT molecular complexity index is 1380. The third-order valence-electron chi connectivity index (χ3n) is 4.92. The van der Waals surface area contributed by atoms with Gasteiger partial charge < -0.3 is 4.74 Å². The van der Waals surface area contributed by atoms with Crippen molar-refractivity contribution in [1.29, 1.82) is 0 Å². The van der Waals surface area contributed by atoms with E-state index in [4.69, 9.17) is 9.72 Å². The second-order valence-corrected chi connectivity index (χ2v) is 8.80. The lowest BCUT2D eigenvalue weighted by Gasteiger charge is -2.08. The maximum atomic E-state index is 13.2. The normalized spacial score (nSPS) is 10.9. The summed E-state index contributed by atoms with van der Waals surface area (Å²) in [7, 11) is 0. The topological polar surface area (TPSA) is 64.1 Å². The SMILES string of the molecule is CCOc1ccc(-c2csc(NC(=O)c3cc(-c4cccs4)nc4ccccc34)n2)cc1. The first-order chi connectivity index (χ1) is 15.7. The first kappa shape index (κ1) is 20.4. The third-order valence-corrected chi connectivity index (χ3v) is 6.57. The first-order valence-electron chi connectivity index (χ1n) is 10.1. The molecule has 0 aliphatic rings. The van der Waals surface area contributed by atoms with E-state index in [1.165, 1.54) is 11.3 Å². The van der Waals surface area contributed by atoms with Gasteiger partial charge in [-0.25, -0.2) is 9.97 Å². The van der Waals surface area contributed by atoms with Gasteiger partial charge in [0.05, 0.1) is 34.0 Å². The summed E-state index contributed by atoms with van der Waals surface area (Å²) in [5, 5.41) is 8.27. The van der Waals surface area contributed by atoms with E-state index >= 15 is 0 Å². The zero-order chi connectivity index (χ0) is 21.9. The smallest absolute Gasteiger partial charge is 0.258 e. The molecule has 0 fully saturated rings. The van der Waals surface area contributed by atoms with Gasteiger partial charge in [0.2, 0.25) is 0 Å². The number of nitrogens with zero attached hydrogens (tertiary/aromatic N) is 2. The van der Waals surface area contributed by atoms with Crippen LogP contribution in [-0.2, 0) is 0 Å². The fraction of sp³-hybridized carbons (Fsp3) is 0.0800. The van der Waals surface area contributed by atoms with E-state index in [1.54, 1.807) is 11.3 Å². The number of thiazole rings is 1. The maximum absolute atomic E-state index is 13.2. The molecule has 0 radical (unpaired) electrons. The minimum atomic E-state index is -0.200. The molecule has 1 amide bonds. The number of thiophene rings is 1. The number of para-hydroxylation sites is 1. The van der Waals surface area contributed by atoms with E-state index < -0.39 is 0 Å². The predicted molar refractivity (Wildman–Crippen MR) is 132 cm³/mol. The lowest BCUT2D eigenvalue weighted by atomic mass is 10.1. The molecule has 0 bridgehead atoms. The second kappa shape index (κ2) is 8.90. The molecule has 32 heavy (non-hydrogen) atoms. The number of ether oxygens (including phenoxy) is 1. The van der Waals surface area contributed by atoms with Crippen molar-refractivity contribution >= 4 is 44.6 Å². The van der Waals surface area contributed by atoms with Crippen molar-refractivity contribution in [1.82, 2.24) is 9.97 Å². The summed E-state index contributed by atoms with van der Waals surface area (Å²) in [5.41, 5.74) is 3.94. The van der Waals surface area contributed by atoms with Gasteiger partial charge in [-0.2, -0.15) is 0 Å². The van der Waals surface area contributed by atoms with Crippen LogP contribution in [-0.4, -0.2) is 22.5 Å². The summed E-state index contributed by atoms with van der Waals surface area (Å²) in [6, 6.07) is 21.3. The first-order valence-corrected chi connectivity index (χ1v) is 11.9. The molecule has 158 valence electrons. The number of amides is 1. The molecule has 5 rings (SSSR count). The van der Waals surface area contributed by atoms with Gasteiger partial charge in [-0.1, -0.05) is 24.3 Å². The van der Waals surface area contributed by atoms with Crippen molar-refractivity contribution in [3.8, 4) is 27.6 Å². The molecule has 0 atom stereocenters. The minimum Gasteiger partial charge on any atom is -0.494 e. The van der Waals surface area contributed by atoms with Gasteiger partial charge in [-0.15, -0.1) is 22.7 Å². The van der Waals surface area contributed by atoms with E-state index in [0.29, 0.717) is 17.3 Å². The molecular weight excluding hydrogens is 438 g/mol. The average molecular weight is 458 g/mol. The van der Waals surface area contributed by atoms with Crippen LogP contribution in [0.4, 0.5) is 5.13 Å². The van der Waals surface area contributed by atoms with Crippen molar-refractivity contribution in [3.05, 3.63) is 83.1 Å². The molecular formula is C25H19N3O2S2. The summed E-state index contributed by atoms with van der Waals surface area (Å²) in [4.78, 5) is 23.6. The van der Waals surface area contributed by atoms with Gasteiger partial charge in [-0.05, 0) is 54.8 Å². The summed E-state index contributed by atoms with van der Waals surface area (Å²) < 4.78 is 5.50. The Kier molecular flexibility index (Phi) is 5.66. The zero-order valence-corrected chi connectivity index (χ0v) is 18.9. The molecule has 0 saturated carbocycles. The molecule has 0 saturated heterocycles. The molecule has 3 aromatic heterocycles. The summed E-state index contributed by atoms with van der Waals surface area (Å²) >= 11 is 3.00. The Morgan fingerprint density at radius 2 is 1.81 bits per heavy atom. The Morgan fingerprint density at radius 3 is 2.59 bits per heavy atom. The van der Waals surface area contributed by atoms with Crippen LogP contribution in [0.5, 0.6) is 5.75 Å². The van der Waals surface area contributed by atoms with E-state index in [1.807, 2.05) is 84.4 Å². The van der Waals surface area contributed by atoms with E-state index in [0.717, 1.165) is 38.5 Å². The number of rotatable bonds is 6. The highest BCUT2D eigenvalue weighted by Crippen LogP contribution is 2.30. The molecule has 5 nitrogen and oxygen atoms in total. The molecule has 5 aromatic rings. The highest BCUT2D eigenvalue weighted by molar-refractivity contribution is 7.14. The quantitative estimate of drug-likeness (QED) is 0.307. The predicted octanol–water partition coefficient (Wildman–Crippen LogP) is 6.74. The van der Waals surface area contributed by atoms with Gasteiger partial charge in [0.15, 0.2) is 5.13 Å². The van der Waals surface area contributed by atoms with Crippen LogP contribution < -0.4 is 10.1 Å². The van der Waals surface area contributed by atoms with Gasteiger partial charge >= 0.3 is 0 Å². The van der Waals surface area contributed by atoms with Gasteiger partial charge in [0.1, 0.15) is 5.75 Å². The Balaban J connectivity index is 1.43. The van der Waals surface area contributed by atoms with Crippen LogP contribution >= 0.6 is 22.7 Å². The number of carbonyl (C=O) groups excluding carboxylic acids is 1. The molecule has 0 aliphatic carbocycles. The number of pyridine rings is 1. The Morgan fingerprint density at radius 1 is 0.969 bits per heavy atom. The number of hydrogen-bond donors (Lipinski definition) is 1. The number of hydrogen-bond acceptors (Lipinski definition) is 6. The highest BCUT2D eigenvalue weighted by Gasteiger charge is 2.16. The lowest BCUT2D eigenvalue weighted by Crippen LogP contribution is -2.13. The zero-order valence-electron chi connectivity index (χ0n) is 17.2. The number of fused-ring (bicyclic) bond motifs is 1. The molecule has 1 N–H and O–H groups in total. The number of anilines is 1. The number of benzene rings is 2. The van der Waals surface area contributed by atoms with E-state index in [9.17, 15) is 4.79 Å². The fourth-order valence-electron chi connectivity index (χ4n) is 3.43. The molecule has 7 heteroatoms. The monoisotopic (exact) mass is 457 g/mol. The van der Waals surface area contributed by atoms with E-state index in [-0.39, 0.29) is 5.91 Å². The van der Waals surface area contributed by atoms with Gasteiger partial charge in [0.25, 0.3) is 5.91 Å². The maximum Gasteiger partial charge on any atom is 0.258 e. The third kappa shape index (κ3) is 4.12. The summed E-state index contributed by atoms with van der Waals surface area (Å²) in [5.74, 6) is 0.625. The van der Waals surface area contributed by atoms with Gasteiger partial charge in [0, 0.05) is 16.3 Å². The van der Waals surface area contributed by atoms with Crippen LogP contribution in [0.2, 0.25) is 0 Å². The van der Waals surface area contributed by atoms with Crippen molar-refractivity contribution < 1.29 is 9.53 Å². The fourth-order valence-corrected chi connectivity index (χ4v) is 4.83. The Labute approximate surface area is 193 Å². The summed E-state index contributed by atoms with van der Waals surface area (Å²) in [6.07, 6.45) is 0. The number of nitrogens with one attached hydrogen (secondary N) is 1. The van der Waals surface area contributed by atoms with Crippen molar-refractivity contribution in [2.75, 3.05) is 11.9 Å². The van der Waals surface area contributed by atoms with Crippen LogP contribution in [0, 0.1) is 0 Å². The second-order valence-electron chi connectivity index (χ2n) is 7.00. The van der Waals surface area contributed by atoms with Crippen LogP contribution in [0.25, 0.3) is 32.7 Å². The van der Waals surface area contributed by atoms with Crippen LogP contribution in [0.1, 0.15) is 17.3 Å². The number of carbonyl (C=O) groups is 1. The Hall–Kier alpha value is -3.55. The number of aromatic nitrogens is 2. The summed E-state index contributed by atoms with van der Waals surface area (Å²) in [6.45, 7) is 2.59. The van der Waals surface area contributed by atoms with Crippen molar-refractivity contribution in [2.45, 2.75) is 6.92 Å². The van der Waals surface area contributed by atoms with Crippen LogP contribution in [0.3, 0.4) is 0 Å². The van der Waals surface area contributed by atoms with E-state index in [2.05, 4.69) is 10.3 Å². The average Bonchev–Trinajstić information content (AvgIpc) is 3.52. The largest absolute Gasteiger partial charge is 0.494 e.